The molecular weight excluding hydrogens is 364 g/mol. The fourth-order valence-corrected chi connectivity index (χ4v) is 4.06. The number of aromatic amines is 1. The summed E-state index contributed by atoms with van der Waals surface area (Å²) < 4.78 is 0.522. The first-order valence-corrected chi connectivity index (χ1v) is 9.45. The molecule has 0 spiro atoms. The summed E-state index contributed by atoms with van der Waals surface area (Å²) >= 11 is 6.71. The quantitative estimate of drug-likeness (QED) is 0.519. The molecule has 130 valence electrons. The van der Waals surface area contributed by atoms with Crippen LogP contribution in [0.3, 0.4) is 0 Å². The molecule has 1 saturated heterocycles. The van der Waals surface area contributed by atoms with Gasteiger partial charge in [0.25, 0.3) is 5.91 Å². The lowest BCUT2D eigenvalue weighted by Crippen LogP contribution is -2.27. The summed E-state index contributed by atoms with van der Waals surface area (Å²) in [5, 5.41) is 3.24. The number of amides is 1. The molecule has 2 heterocycles. The van der Waals surface area contributed by atoms with Gasteiger partial charge in [0.15, 0.2) is 4.32 Å². The maximum atomic E-state index is 12.8. The fourth-order valence-electron chi connectivity index (χ4n) is 2.79. The number of imidazole rings is 1. The molecule has 7 heteroatoms. The van der Waals surface area contributed by atoms with Gasteiger partial charge in [0.2, 0.25) is 0 Å². The third kappa shape index (κ3) is 3.11. The monoisotopic (exact) mass is 380 g/mol. The number of hydrogen-bond donors (Lipinski definition) is 2. The molecule has 0 bridgehead atoms. The highest BCUT2D eigenvalue weighted by atomic mass is 32.2. The average Bonchev–Trinajstić information content (AvgIpc) is 3.17. The summed E-state index contributed by atoms with van der Waals surface area (Å²) in [5.41, 5.74) is 3.59. The number of para-hydroxylation sites is 2. The molecule has 5 nitrogen and oxygen atoms in total. The molecular formula is C19H16N4OS2. The number of aromatic nitrogens is 2. The van der Waals surface area contributed by atoms with Crippen molar-refractivity contribution in [1.82, 2.24) is 9.97 Å². The zero-order chi connectivity index (χ0) is 18.1. The van der Waals surface area contributed by atoms with Crippen LogP contribution in [-0.2, 0) is 4.79 Å². The Morgan fingerprint density at radius 2 is 2.00 bits per heavy atom. The van der Waals surface area contributed by atoms with Crippen molar-refractivity contribution in [2.75, 3.05) is 16.8 Å². The highest BCUT2D eigenvalue weighted by Gasteiger charge is 2.33. The van der Waals surface area contributed by atoms with Crippen LogP contribution in [0.2, 0.25) is 0 Å². The maximum Gasteiger partial charge on any atom is 0.270 e. The van der Waals surface area contributed by atoms with Crippen molar-refractivity contribution in [3.63, 3.8) is 0 Å². The largest absolute Gasteiger partial charge is 0.385 e. The van der Waals surface area contributed by atoms with E-state index in [1.807, 2.05) is 55.5 Å². The lowest BCUT2D eigenvalue weighted by molar-refractivity contribution is -0.113. The number of H-pyrrole nitrogens is 1. The van der Waals surface area contributed by atoms with E-state index in [-0.39, 0.29) is 5.91 Å². The predicted octanol–water partition coefficient (Wildman–Crippen LogP) is 4.40. The smallest absolute Gasteiger partial charge is 0.270 e. The van der Waals surface area contributed by atoms with Gasteiger partial charge >= 0.3 is 0 Å². The highest BCUT2D eigenvalue weighted by molar-refractivity contribution is 8.27. The number of anilines is 2. The van der Waals surface area contributed by atoms with Crippen LogP contribution < -0.4 is 10.2 Å². The van der Waals surface area contributed by atoms with Crippen LogP contribution in [0.1, 0.15) is 12.7 Å². The summed E-state index contributed by atoms with van der Waals surface area (Å²) in [6, 6.07) is 15.4. The normalized spacial score (nSPS) is 16.0. The van der Waals surface area contributed by atoms with E-state index in [2.05, 4.69) is 15.3 Å². The van der Waals surface area contributed by atoms with Gasteiger partial charge in [-0.2, -0.15) is 0 Å². The summed E-state index contributed by atoms with van der Waals surface area (Å²) in [6.07, 6.45) is 1.76. The predicted molar refractivity (Wildman–Crippen MR) is 112 cm³/mol. The first-order chi connectivity index (χ1) is 12.7. The van der Waals surface area contributed by atoms with E-state index in [1.54, 1.807) is 11.0 Å². The summed E-state index contributed by atoms with van der Waals surface area (Å²) in [5.74, 6) is 0.519. The van der Waals surface area contributed by atoms with Gasteiger partial charge in [0.1, 0.15) is 5.82 Å². The van der Waals surface area contributed by atoms with Gasteiger partial charge in [-0.3, -0.25) is 9.69 Å². The van der Waals surface area contributed by atoms with E-state index in [4.69, 9.17) is 12.2 Å². The van der Waals surface area contributed by atoms with Crippen molar-refractivity contribution in [3.05, 3.63) is 59.3 Å². The second-order valence-corrected chi connectivity index (χ2v) is 7.41. The zero-order valence-corrected chi connectivity index (χ0v) is 15.7. The lowest BCUT2D eigenvalue weighted by atomic mass is 10.2. The average molecular weight is 380 g/mol. The SMILES string of the molecule is CCNc1ccc(N2C(=O)/C(=C\c3nc4ccccc4[nH]3)SC2=S)cc1. The molecule has 26 heavy (non-hydrogen) atoms. The van der Waals surface area contributed by atoms with Crippen LogP contribution in [0.5, 0.6) is 0 Å². The number of benzene rings is 2. The fraction of sp³-hybridized carbons (Fsp3) is 0.105. The van der Waals surface area contributed by atoms with Crippen LogP contribution in [0.4, 0.5) is 11.4 Å². The number of carbonyl (C=O) groups is 1. The zero-order valence-electron chi connectivity index (χ0n) is 14.0. The number of thioether (sulfide) groups is 1. The van der Waals surface area contributed by atoms with Gasteiger partial charge < -0.3 is 10.3 Å². The molecule has 0 radical (unpaired) electrons. The van der Waals surface area contributed by atoms with Crippen molar-refractivity contribution < 1.29 is 4.79 Å². The summed E-state index contributed by atoms with van der Waals surface area (Å²) in [6.45, 7) is 2.89. The van der Waals surface area contributed by atoms with Crippen molar-refractivity contribution in [3.8, 4) is 0 Å². The molecule has 0 saturated carbocycles. The lowest BCUT2D eigenvalue weighted by Gasteiger charge is -2.15. The summed E-state index contributed by atoms with van der Waals surface area (Å²) in [7, 11) is 0. The standard InChI is InChI=1S/C19H16N4OS2/c1-2-20-12-7-9-13(10-8-12)23-18(24)16(26-19(23)25)11-17-21-14-5-3-4-6-15(14)22-17/h3-11,20H,2H2,1H3,(H,21,22)/b16-11+. The maximum absolute atomic E-state index is 12.8. The molecule has 1 fully saturated rings. The number of nitrogens with one attached hydrogen (secondary N) is 2. The Balaban J connectivity index is 1.62. The number of rotatable bonds is 4. The molecule has 0 unspecified atom stereocenters. The number of hydrogen-bond acceptors (Lipinski definition) is 5. The molecule has 1 amide bonds. The third-order valence-electron chi connectivity index (χ3n) is 3.98. The van der Waals surface area contributed by atoms with Crippen molar-refractivity contribution in [1.29, 1.82) is 0 Å². The Kier molecular flexibility index (Phi) is 4.48. The molecule has 4 rings (SSSR count). The van der Waals surface area contributed by atoms with Gasteiger partial charge in [-0.25, -0.2) is 4.98 Å². The third-order valence-corrected chi connectivity index (χ3v) is 5.28. The van der Waals surface area contributed by atoms with E-state index in [9.17, 15) is 4.79 Å². The van der Waals surface area contributed by atoms with Crippen LogP contribution in [-0.4, -0.2) is 26.7 Å². The molecule has 2 N–H and O–H groups in total. The van der Waals surface area contributed by atoms with Crippen LogP contribution >= 0.6 is 24.0 Å². The molecule has 1 aliphatic heterocycles. The van der Waals surface area contributed by atoms with E-state index in [0.29, 0.717) is 15.1 Å². The minimum Gasteiger partial charge on any atom is -0.385 e. The molecule has 3 aromatic rings. The molecule has 0 atom stereocenters. The Bertz CT molecular complexity index is 990. The van der Waals surface area contributed by atoms with E-state index < -0.39 is 0 Å². The number of carbonyl (C=O) groups excluding carboxylic acids is 1. The molecule has 2 aromatic carbocycles. The first kappa shape index (κ1) is 16.8. The van der Waals surface area contributed by atoms with Gasteiger partial charge in [-0.05, 0) is 43.3 Å². The van der Waals surface area contributed by atoms with Gasteiger partial charge in [0, 0.05) is 18.3 Å². The number of fused-ring (bicyclic) bond motifs is 1. The topological polar surface area (TPSA) is 61.0 Å². The first-order valence-electron chi connectivity index (χ1n) is 8.22. The summed E-state index contributed by atoms with van der Waals surface area (Å²) in [4.78, 5) is 22.7. The molecule has 1 aromatic heterocycles. The Labute approximate surface area is 160 Å². The van der Waals surface area contributed by atoms with Crippen LogP contribution in [0, 0.1) is 0 Å². The van der Waals surface area contributed by atoms with Gasteiger partial charge in [-0.1, -0.05) is 36.1 Å². The highest BCUT2D eigenvalue weighted by Crippen LogP contribution is 2.36. The molecule has 1 aliphatic rings. The van der Waals surface area contributed by atoms with Gasteiger partial charge in [0.05, 0.1) is 21.6 Å². The van der Waals surface area contributed by atoms with Crippen molar-refractivity contribution in [2.24, 2.45) is 0 Å². The van der Waals surface area contributed by atoms with E-state index >= 15 is 0 Å². The minimum absolute atomic E-state index is 0.128. The van der Waals surface area contributed by atoms with Crippen LogP contribution in [0.25, 0.3) is 17.1 Å². The Morgan fingerprint density at radius 3 is 2.73 bits per heavy atom. The second kappa shape index (κ2) is 6.93. The van der Waals surface area contributed by atoms with Gasteiger partial charge in [-0.15, -0.1) is 0 Å². The van der Waals surface area contributed by atoms with Crippen molar-refractivity contribution >= 4 is 62.7 Å². The Morgan fingerprint density at radius 1 is 1.23 bits per heavy atom. The molecule has 0 aliphatic carbocycles. The Hall–Kier alpha value is -2.64. The number of nitrogens with zero attached hydrogens (tertiary/aromatic N) is 2. The van der Waals surface area contributed by atoms with Crippen molar-refractivity contribution in [2.45, 2.75) is 6.92 Å². The van der Waals surface area contributed by atoms with E-state index in [1.165, 1.54) is 11.8 Å². The van der Waals surface area contributed by atoms with E-state index in [0.717, 1.165) is 29.0 Å². The van der Waals surface area contributed by atoms with Crippen LogP contribution in [0.15, 0.2) is 53.4 Å². The second-order valence-electron chi connectivity index (χ2n) is 5.73. The minimum atomic E-state index is -0.128. The number of thiocarbonyl (C=S) groups is 1.